The highest BCUT2D eigenvalue weighted by molar-refractivity contribution is 5.92. The van der Waals surface area contributed by atoms with E-state index >= 15 is 0 Å². The van der Waals surface area contributed by atoms with Crippen molar-refractivity contribution in [3.8, 4) is 0 Å². The fourth-order valence-corrected chi connectivity index (χ4v) is 3.37. The Morgan fingerprint density at radius 1 is 1.34 bits per heavy atom. The van der Waals surface area contributed by atoms with Crippen LogP contribution < -0.4 is 16.8 Å². The van der Waals surface area contributed by atoms with Crippen LogP contribution in [0.2, 0.25) is 0 Å². The lowest BCUT2D eigenvalue weighted by Crippen LogP contribution is -2.60. The molecule has 0 saturated carbocycles. The summed E-state index contributed by atoms with van der Waals surface area (Å²) in [5.74, 6) is -0.264. The van der Waals surface area contributed by atoms with E-state index in [2.05, 4.69) is 25.4 Å². The van der Waals surface area contributed by atoms with Gasteiger partial charge in [0.1, 0.15) is 29.5 Å². The zero-order valence-corrected chi connectivity index (χ0v) is 15.5. The molecule has 13 nitrogen and oxygen atoms in total. The molecule has 1 aliphatic heterocycles. The van der Waals surface area contributed by atoms with Gasteiger partial charge in [-0.25, -0.2) is 4.98 Å². The molecule has 0 aromatic carbocycles. The third-order valence-electron chi connectivity index (χ3n) is 4.90. The maximum atomic E-state index is 12.3. The molecule has 4 atom stereocenters. The molecule has 3 aromatic rings. The fraction of sp³-hybridized carbons (Fsp3) is 0.438. The maximum Gasteiger partial charge on any atom is 0.269 e. The Morgan fingerprint density at radius 2 is 2.14 bits per heavy atom. The molecular formula is C16H21N9O4. The zero-order chi connectivity index (χ0) is 20.7. The molecule has 4 rings (SSSR count). The number of fused-ring (bicyclic) bond motifs is 1. The van der Waals surface area contributed by atoms with Crippen LogP contribution in [0.4, 0.5) is 11.8 Å². The van der Waals surface area contributed by atoms with Crippen molar-refractivity contribution in [3.05, 3.63) is 24.3 Å². The van der Waals surface area contributed by atoms with Gasteiger partial charge in [0.2, 0.25) is 5.95 Å². The second-order valence-electron chi connectivity index (χ2n) is 6.81. The summed E-state index contributed by atoms with van der Waals surface area (Å²) in [7, 11) is 1.63. The van der Waals surface area contributed by atoms with Crippen LogP contribution in [0.1, 0.15) is 10.5 Å². The Balaban J connectivity index is 1.46. The second-order valence-corrected chi connectivity index (χ2v) is 6.81. The Hall–Kier alpha value is -3.29. The lowest BCUT2D eigenvalue weighted by Gasteiger charge is -2.38. The summed E-state index contributed by atoms with van der Waals surface area (Å²) in [6.45, 7) is 0.159. The van der Waals surface area contributed by atoms with Crippen LogP contribution in [0.25, 0.3) is 11.2 Å². The number of carbonyl (C=O) groups is 1. The zero-order valence-electron chi connectivity index (χ0n) is 15.5. The number of nitrogen functional groups attached to an aromatic ring is 2. The van der Waals surface area contributed by atoms with Crippen LogP contribution in [-0.2, 0) is 18.3 Å². The predicted molar refractivity (Wildman–Crippen MR) is 100 cm³/mol. The molecule has 29 heavy (non-hydrogen) atoms. The number of aliphatic hydroxyl groups excluding tert-OH is 2. The van der Waals surface area contributed by atoms with Crippen LogP contribution >= 0.6 is 0 Å². The van der Waals surface area contributed by atoms with Gasteiger partial charge in [0.05, 0.1) is 25.5 Å². The Labute approximate surface area is 164 Å². The van der Waals surface area contributed by atoms with Crippen LogP contribution in [0.15, 0.2) is 18.6 Å². The highest BCUT2D eigenvalue weighted by atomic mass is 16.5. The van der Waals surface area contributed by atoms with Crippen molar-refractivity contribution in [3.63, 3.8) is 0 Å². The smallest absolute Gasteiger partial charge is 0.269 e. The molecule has 0 radical (unpaired) electrons. The standard InChI is InChI=1S/C16H21N9O4/c1-24-8(2-3-20-24)15(28)21-7-5-29-9(12(27)11(7)26)4-25-6-19-14-10(25)13(17)22-16(18)23-14/h2-3,6-7,9,11-12,26-27H,4-5H2,1H3,(H,21,28)(H4,17,18,22,23)/t7-,9-,11+,12-/m1/s1. The van der Waals surface area contributed by atoms with Crippen molar-refractivity contribution >= 4 is 28.8 Å². The van der Waals surface area contributed by atoms with Crippen LogP contribution in [-0.4, -0.2) is 76.4 Å². The van der Waals surface area contributed by atoms with Crippen LogP contribution in [0.3, 0.4) is 0 Å². The second kappa shape index (κ2) is 7.27. The minimum atomic E-state index is -1.26. The van der Waals surface area contributed by atoms with E-state index in [9.17, 15) is 15.0 Å². The molecule has 0 unspecified atom stereocenters. The van der Waals surface area contributed by atoms with Crippen molar-refractivity contribution in [2.45, 2.75) is 30.9 Å². The van der Waals surface area contributed by atoms with Gasteiger partial charge >= 0.3 is 0 Å². The highest BCUT2D eigenvalue weighted by Gasteiger charge is 2.39. The summed E-state index contributed by atoms with van der Waals surface area (Å²) in [6.07, 6.45) is -0.275. The number of nitrogens with one attached hydrogen (secondary N) is 1. The summed E-state index contributed by atoms with van der Waals surface area (Å²) >= 11 is 0. The summed E-state index contributed by atoms with van der Waals surface area (Å²) < 4.78 is 8.74. The van der Waals surface area contributed by atoms with Gasteiger partial charge in [-0.1, -0.05) is 0 Å². The normalized spacial score (nSPS) is 24.7. The number of aliphatic hydroxyl groups is 2. The lowest BCUT2D eigenvalue weighted by atomic mass is 9.97. The summed E-state index contributed by atoms with van der Waals surface area (Å²) in [5, 5.41) is 27.6. The first-order valence-corrected chi connectivity index (χ1v) is 8.85. The molecule has 0 aliphatic carbocycles. The molecule has 1 saturated heterocycles. The number of rotatable bonds is 4. The predicted octanol–water partition coefficient (Wildman–Crippen LogP) is -2.36. The molecule has 3 aromatic heterocycles. The van der Waals surface area contributed by atoms with E-state index in [1.165, 1.54) is 17.2 Å². The van der Waals surface area contributed by atoms with Crippen molar-refractivity contribution in [2.75, 3.05) is 18.1 Å². The van der Waals surface area contributed by atoms with E-state index in [0.717, 1.165) is 0 Å². The molecule has 1 amide bonds. The van der Waals surface area contributed by atoms with Gasteiger partial charge < -0.3 is 36.3 Å². The van der Waals surface area contributed by atoms with E-state index in [0.29, 0.717) is 16.9 Å². The monoisotopic (exact) mass is 403 g/mol. The number of nitrogens with zero attached hydrogens (tertiary/aromatic N) is 6. The maximum absolute atomic E-state index is 12.3. The average molecular weight is 403 g/mol. The van der Waals surface area contributed by atoms with E-state index in [-0.39, 0.29) is 24.9 Å². The molecular weight excluding hydrogens is 382 g/mol. The molecule has 0 spiro atoms. The molecule has 0 bridgehead atoms. The number of imidazole rings is 1. The van der Waals surface area contributed by atoms with Gasteiger partial charge in [0.15, 0.2) is 11.5 Å². The van der Waals surface area contributed by atoms with Crippen molar-refractivity contribution in [2.24, 2.45) is 7.05 Å². The number of hydrogen-bond donors (Lipinski definition) is 5. The number of aromatic nitrogens is 6. The third-order valence-corrected chi connectivity index (χ3v) is 4.90. The summed E-state index contributed by atoms with van der Waals surface area (Å²) in [5.41, 5.74) is 12.6. The van der Waals surface area contributed by atoms with E-state index in [1.54, 1.807) is 17.7 Å². The van der Waals surface area contributed by atoms with Gasteiger partial charge in [-0.15, -0.1) is 0 Å². The Kier molecular flexibility index (Phi) is 4.77. The van der Waals surface area contributed by atoms with Gasteiger partial charge in [-0.2, -0.15) is 15.1 Å². The van der Waals surface area contributed by atoms with Crippen molar-refractivity contribution < 1.29 is 19.7 Å². The van der Waals surface area contributed by atoms with Gasteiger partial charge in [0, 0.05) is 13.2 Å². The van der Waals surface area contributed by atoms with Gasteiger partial charge in [-0.05, 0) is 6.07 Å². The number of carbonyl (C=O) groups excluding carboxylic acids is 1. The Morgan fingerprint density at radius 3 is 2.86 bits per heavy atom. The number of anilines is 2. The molecule has 4 heterocycles. The largest absolute Gasteiger partial charge is 0.388 e. The van der Waals surface area contributed by atoms with E-state index < -0.39 is 30.3 Å². The van der Waals surface area contributed by atoms with Crippen LogP contribution in [0, 0.1) is 0 Å². The first-order chi connectivity index (χ1) is 13.8. The third kappa shape index (κ3) is 3.46. The molecule has 1 aliphatic rings. The van der Waals surface area contributed by atoms with Crippen molar-refractivity contribution in [1.82, 2.24) is 34.6 Å². The molecule has 13 heteroatoms. The number of nitrogens with two attached hydrogens (primary N) is 2. The quantitative estimate of drug-likeness (QED) is 0.315. The first kappa shape index (κ1) is 19.0. The number of amides is 1. The summed E-state index contributed by atoms with van der Waals surface area (Å²) in [6, 6.07) is 0.768. The lowest BCUT2D eigenvalue weighted by molar-refractivity contribution is -0.152. The molecule has 1 fully saturated rings. The number of ether oxygens (including phenoxy) is 1. The number of aryl methyl sites for hydroxylation is 1. The van der Waals surface area contributed by atoms with Gasteiger partial charge in [-0.3, -0.25) is 9.48 Å². The van der Waals surface area contributed by atoms with E-state index in [4.69, 9.17) is 16.2 Å². The average Bonchev–Trinajstić information content (AvgIpc) is 3.27. The minimum absolute atomic E-state index is 0.0108. The van der Waals surface area contributed by atoms with Gasteiger partial charge in [0.25, 0.3) is 5.91 Å². The highest BCUT2D eigenvalue weighted by Crippen LogP contribution is 2.22. The topological polar surface area (TPSA) is 192 Å². The van der Waals surface area contributed by atoms with E-state index in [1.807, 2.05) is 0 Å². The minimum Gasteiger partial charge on any atom is -0.388 e. The first-order valence-electron chi connectivity index (χ1n) is 8.85. The molecule has 7 N–H and O–H groups in total. The molecule has 154 valence electrons. The van der Waals surface area contributed by atoms with Crippen LogP contribution in [0.5, 0.6) is 0 Å². The number of hydrogen-bond acceptors (Lipinski definition) is 10. The Bertz CT molecular complexity index is 1050. The fourth-order valence-electron chi connectivity index (χ4n) is 3.37. The SMILES string of the molecule is Cn1nccc1C(=O)N[C@@H]1CO[C@H](Cn2cnc3nc(N)nc(N)c32)[C@@H](O)[C@H]1O. The van der Waals surface area contributed by atoms with Crippen molar-refractivity contribution in [1.29, 1.82) is 0 Å². The summed E-state index contributed by atoms with van der Waals surface area (Å²) in [4.78, 5) is 24.4.